The number of ether oxygens (including phenoxy) is 1. The van der Waals surface area contributed by atoms with Gasteiger partial charge in [-0.25, -0.2) is 0 Å². The Balaban J connectivity index is 2.46. The van der Waals surface area contributed by atoms with Gasteiger partial charge in [0.1, 0.15) is 22.4 Å². The first kappa shape index (κ1) is 14.6. The molecule has 8 heteroatoms. The van der Waals surface area contributed by atoms with E-state index in [1.807, 2.05) is 0 Å². The minimum Gasteiger partial charge on any atom is -0.497 e. The Labute approximate surface area is 117 Å². The summed E-state index contributed by atoms with van der Waals surface area (Å²) in [6, 6.07) is 4.66. The summed E-state index contributed by atoms with van der Waals surface area (Å²) in [6.45, 7) is 1.69. The average Bonchev–Trinajstić information content (AvgIpc) is 2.37. The van der Waals surface area contributed by atoms with E-state index in [9.17, 15) is 13.9 Å². The van der Waals surface area contributed by atoms with E-state index in [4.69, 9.17) is 9.84 Å². The first-order valence-corrected chi connectivity index (χ1v) is 7.45. The molecule has 0 saturated heterocycles. The van der Waals surface area contributed by atoms with Crippen LogP contribution in [0.1, 0.15) is 13.3 Å². The lowest BCUT2D eigenvalue weighted by Crippen LogP contribution is -2.32. The topological polar surface area (TPSA) is 111 Å². The second-order valence-electron chi connectivity index (χ2n) is 4.28. The van der Waals surface area contributed by atoms with Crippen molar-refractivity contribution in [3.05, 3.63) is 18.2 Å². The lowest BCUT2D eigenvalue weighted by molar-refractivity contribution is -0.139. The largest absolute Gasteiger partial charge is 0.497 e. The van der Waals surface area contributed by atoms with Crippen LogP contribution >= 0.6 is 10.8 Å². The van der Waals surface area contributed by atoms with Crippen molar-refractivity contribution < 1.29 is 23.7 Å². The fourth-order valence-corrected chi connectivity index (χ4v) is 3.16. The van der Waals surface area contributed by atoms with Crippen LogP contribution in [0.3, 0.4) is 0 Å². The summed E-state index contributed by atoms with van der Waals surface area (Å²) in [7, 11) is -1.91. The van der Waals surface area contributed by atoms with Gasteiger partial charge in [-0.3, -0.25) is 13.9 Å². The predicted molar refractivity (Wildman–Crippen MR) is 76.6 cm³/mol. The lowest BCUT2D eigenvalue weighted by Gasteiger charge is -2.35. The molecule has 1 aliphatic heterocycles. The molecule has 0 bridgehead atoms. The summed E-state index contributed by atoms with van der Waals surface area (Å²) in [5, 5.41) is 12.0. The Morgan fingerprint density at radius 1 is 1.50 bits per heavy atom. The Kier molecular flexibility index (Phi) is 3.89. The minimum atomic E-state index is -3.40. The molecule has 0 amide bonds. The van der Waals surface area contributed by atoms with E-state index in [-0.39, 0.29) is 17.2 Å². The summed E-state index contributed by atoms with van der Waals surface area (Å²) >= 11 is 0. The van der Waals surface area contributed by atoms with Crippen molar-refractivity contribution in [2.45, 2.75) is 18.2 Å². The molecule has 7 nitrogen and oxygen atoms in total. The van der Waals surface area contributed by atoms with Crippen molar-refractivity contribution in [1.29, 1.82) is 0 Å². The number of carboxylic acids is 1. The summed E-state index contributed by atoms with van der Waals surface area (Å²) in [5.74, 6) is -1.42. The van der Waals surface area contributed by atoms with Gasteiger partial charge in [0.25, 0.3) is 0 Å². The first-order chi connectivity index (χ1) is 9.39. The fourth-order valence-electron chi connectivity index (χ4n) is 1.96. The quantitative estimate of drug-likeness (QED) is 0.680. The molecule has 2 rings (SSSR count). The summed E-state index contributed by atoms with van der Waals surface area (Å²) < 4.78 is 29.0. The molecule has 0 aliphatic carbocycles. The number of benzene rings is 1. The number of carboxylic acid groups (broad SMARTS) is 1. The summed E-state index contributed by atoms with van der Waals surface area (Å²) in [5.41, 5.74) is 0.397. The van der Waals surface area contributed by atoms with E-state index in [2.05, 4.69) is 9.71 Å². The normalized spacial score (nSPS) is 19.1. The smallest absolute Gasteiger partial charge is 0.314 e. The third kappa shape index (κ3) is 2.58. The van der Waals surface area contributed by atoms with Crippen molar-refractivity contribution in [3.8, 4) is 5.75 Å². The molecule has 1 heterocycles. The van der Waals surface area contributed by atoms with E-state index < -0.39 is 22.7 Å². The Morgan fingerprint density at radius 3 is 2.75 bits per heavy atom. The highest BCUT2D eigenvalue weighted by molar-refractivity contribution is 8.23. The number of nitrogens with zero attached hydrogens (tertiary/aromatic N) is 1. The van der Waals surface area contributed by atoms with E-state index in [0.717, 1.165) is 0 Å². The molecule has 110 valence electrons. The molecule has 4 N–H and O–H groups in total. The molecule has 0 radical (unpaired) electrons. The molecule has 1 aromatic rings. The average molecular weight is 300 g/mol. The molecule has 1 aromatic carbocycles. The predicted octanol–water partition coefficient (Wildman–Crippen LogP) is 2.65. The molecule has 0 fully saturated rings. The Hall–Kier alpha value is -1.77. The van der Waals surface area contributed by atoms with E-state index in [1.165, 1.54) is 13.2 Å². The standard InChI is InChI=1S/C12H16N2O5S/c1-3-8(12(15)16)11-13-9-6-7(19-2)4-5-10(9)20(17,18)14-11/h4-6,8,17-18H,3H2,1-2H3,(H,13,14)(H,15,16). The van der Waals surface area contributed by atoms with Crippen LogP contribution in [0.4, 0.5) is 5.69 Å². The van der Waals surface area contributed by atoms with Crippen LogP contribution in [0.15, 0.2) is 27.5 Å². The van der Waals surface area contributed by atoms with Gasteiger partial charge in [-0.1, -0.05) is 17.7 Å². The zero-order valence-corrected chi connectivity index (χ0v) is 11.8. The van der Waals surface area contributed by atoms with Gasteiger partial charge < -0.3 is 15.2 Å². The number of anilines is 1. The highest BCUT2D eigenvalue weighted by Crippen LogP contribution is 2.56. The second-order valence-corrected chi connectivity index (χ2v) is 5.94. The fraction of sp³-hybridized carbons (Fsp3) is 0.333. The maximum atomic E-state index is 11.2. The minimum absolute atomic E-state index is 0.0424. The van der Waals surface area contributed by atoms with Crippen LogP contribution < -0.4 is 10.1 Å². The van der Waals surface area contributed by atoms with E-state index in [1.54, 1.807) is 19.1 Å². The monoisotopic (exact) mass is 300 g/mol. The van der Waals surface area contributed by atoms with Crippen LogP contribution in [0.5, 0.6) is 5.75 Å². The number of carbonyl (C=O) groups is 1. The van der Waals surface area contributed by atoms with Crippen LogP contribution in [0.25, 0.3) is 0 Å². The Morgan fingerprint density at radius 2 is 2.20 bits per heavy atom. The van der Waals surface area contributed by atoms with Gasteiger partial charge in [-0.05, 0) is 18.6 Å². The van der Waals surface area contributed by atoms with Crippen LogP contribution in [-0.2, 0) is 4.79 Å². The van der Waals surface area contributed by atoms with Crippen LogP contribution in [0, 0.1) is 5.92 Å². The maximum Gasteiger partial charge on any atom is 0.314 e. The molecule has 1 atom stereocenters. The van der Waals surface area contributed by atoms with Crippen LogP contribution in [0.2, 0.25) is 0 Å². The summed E-state index contributed by atoms with van der Waals surface area (Å²) in [4.78, 5) is 11.4. The van der Waals surface area contributed by atoms with Gasteiger partial charge in [-0.15, -0.1) is 4.40 Å². The highest BCUT2D eigenvalue weighted by Gasteiger charge is 2.32. The van der Waals surface area contributed by atoms with Crippen molar-refractivity contribution >= 4 is 28.3 Å². The van der Waals surface area contributed by atoms with Crippen LogP contribution in [-0.4, -0.2) is 33.1 Å². The van der Waals surface area contributed by atoms with E-state index >= 15 is 0 Å². The van der Waals surface area contributed by atoms with Crippen molar-refractivity contribution in [2.75, 3.05) is 12.4 Å². The number of amidine groups is 1. The molecule has 1 unspecified atom stereocenters. The molecule has 0 aromatic heterocycles. The van der Waals surface area contributed by atoms with Gasteiger partial charge >= 0.3 is 5.97 Å². The SMILES string of the molecule is CCC(C(=O)O)C1=NS(O)(O)c2ccc(OC)cc2N1. The molecular weight excluding hydrogens is 284 g/mol. The molecular formula is C12H16N2O5S. The molecule has 1 aliphatic rings. The van der Waals surface area contributed by atoms with Gasteiger partial charge in [0.05, 0.1) is 12.8 Å². The number of fused-ring (bicyclic) bond motifs is 1. The third-order valence-electron chi connectivity index (χ3n) is 3.01. The summed E-state index contributed by atoms with van der Waals surface area (Å²) in [6.07, 6.45) is 0.288. The molecule has 0 saturated carbocycles. The number of rotatable bonds is 4. The van der Waals surface area contributed by atoms with Crippen molar-refractivity contribution in [3.63, 3.8) is 0 Å². The van der Waals surface area contributed by atoms with Crippen molar-refractivity contribution in [2.24, 2.45) is 10.3 Å². The number of methoxy groups -OCH3 is 1. The first-order valence-electron chi connectivity index (χ1n) is 5.95. The van der Waals surface area contributed by atoms with Gasteiger partial charge in [-0.2, -0.15) is 0 Å². The molecule has 0 spiro atoms. The van der Waals surface area contributed by atoms with E-state index in [0.29, 0.717) is 11.4 Å². The number of hydrogen-bond donors (Lipinski definition) is 4. The lowest BCUT2D eigenvalue weighted by atomic mass is 10.1. The second kappa shape index (κ2) is 5.31. The highest BCUT2D eigenvalue weighted by atomic mass is 32.3. The van der Waals surface area contributed by atoms with Crippen molar-refractivity contribution in [1.82, 2.24) is 0 Å². The number of hydrogen-bond acceptors (Lipinski definition) is 6. The maximum absolute atomic E-state index is 11.2. The zero-order chi connectivity index (χ0) is 14.9. The molecule has 20 heavy (non-hydrogen) atoms. The number of aliphatic carboxylic acids is 1. The van der Waals surface area contributed by atoms with Gasteiger partial charge in [0.15, 0.2) is 0 Å². The third-order valence-corrected chi connectivity index (χ3v) is 4.40. The number of nitrogens with one attached hydrogen (secondary N) is 1. The van der Waals surface area contributed by atoms with Gasteiger partial charge in [0.2, 0.25) is 0 Å². The zero-order valence-electron chi connectivity index (χ0n) is 11.0. The van der Waals surface area contributed by atoms with Gasteiger partial charge in [0, 0.05) is 6.07 Å². The Bertz CT molecular complexity index is 573.